The molecule has 0 saturated heterocycles. The second kappa shape index (κ2) is 8.87. The molecule has 1 unspecified atom stereocenters. The first-order chi connectivity index (χ1) is 11.9. The number of carboxylic acids is 1. The molecule has 2 N–H and O–H groups in total. The van der Waals surface area contributed by atoms with E-state index in [9.17, 15) is 4.79 Å². The number of carbonyl (C=O) groups is 1. The van der Waals surface area contributed by atoms with Crippen molar-refractivity contribution in [1.82, 2.24) is 5.32 Å². The molecule has 2 rings (SSSR count). The van der Waals surface area contributed by atoms with E-state index in [0.29, 0.717) is 24.7 Å². The molecule has 0 fully saturated rings. The zero-order valence-electron chi connectivity index (χ0n) is 14.5. The third-order valence-electron chi connectivity index (χ3n) is 3.85. The second-order valence-electron chi connectivity index (χ2n) is 5.77. The normalized spacial score (nSPS) is 11.8. The largest absolute Gasteiger partial charge is 0.493 e. The van der Waals surface area contributed by atoms with E-state index in [1.54, 1.807) is 14.0 Å². The van der Waals surface area contributed by atoms with E-state index in [-0.39, 0.29) is 0 Å². The van der Waals surface area contributed by atoms with Gasteiger partial charge in [0.1, 0.15) is 12.6 Å². The van der Waals surface area contributed by atoms with Crippen molar-refractivity contribution in [1.29, 1.82) is 0 Å². The average molecular weight is 408 g/mol. The number of aliphatic carboxylic acids is 1. The van der Waals surface area contributed by atoms with Crippen LogP contribution in [0.5, 0.6) is 11.5 Å². The lowest BCUT2D eigenvalue weighted by molar-refractivity contribution is -0.139. The van der Waals surface area contributed by atoms with Gasteiger partial charge in [-0.15, -0.1) is 0 Å². The van der Waals surface area contributed by atoms with Crippen LogP contribution in [0.25, 0.3) is 0 Å². The van der Waals surface area contributed by atoms with Gasteiger partial charge in [-0.3, -0.25) is 4.79 Å². The first-order valence-corrected chi connectivity index (χ1v) is 8.71. The number of aryl methyl sites for hydroxylation is 1. The van der Waals surface area contributed by atoms with E-state index < -0.39 is 12.0 Å². The molecule has 0 bridgehead atoms. The summed E-state index contributed by atoms with van der Waals surface area (Å²) in [4.78, 5) is 11.0. The van der Waals surface area contributed by atoms with Crippen LogP contribution in [0.1, 0.15) is 23.6 Å². The van der Waals surface area contributed by atoms with Crippen molar-refractivity contribution in [2.45, 2.75) is 33.0 Å². The number of benzene rings is 2. The maximum absolute atomic E-state index is 11.0. The van der Waals surface area contributed by atoms with Gasteiger partial charge in [0.2, 0.25) is 0 Å². The van der Waals surface area contributed by atoms with E-state index in [4.69, 9.17) is 14.6 Å². The molecule has 0 spiro atoms. The van der Waals surface area contributed by atoms with Crippen LogP contribution >= 0.6 is 15.9 Å². The minimum absolute atomic E-state index is 0.342. The average Bonchev–Trinajstić information content (AvgIpc) is 2.60. The minimum atomic E-state index is -0.902. The van der Waals surface area contributed by atoms with Crippen molar-refractivity contribution in [3.8, 4) is 11.5 Å². The molecule has 0 amide bonds. The highest BCUT2D eigenvalue weighted by molar-refractivity contribution is 9.10. The van der Waals surface area contributed by atoms with Crippen molar-refractivity contribution < 1.29 is 19.4 Å². The lowest BCUT2D eigenvalue weighted by Gasteiger charge is -2.18. The van der Waals surface area contributed by atoms with Gasteiger partial charge in [0.15, 0.2) is 11.5 Å². The fourth-order valence-corrected chi connectivity index (χ4v) is 2.70. The number of nitrogens with one attached hydrogen (secondary N) is 1. The summed E-state index contributed by atoms with van der Waals surface area (Å²) in [6, 6.07) is 11.1. The predicted octanol–water partition coefficient (Wildman–Crippen LogP) is 3.91. The number of halogens is 1. The number of ether oxygens (including phenoxy) is 2. The first kappa shape index (κ1) is 19.3. The highest BCUT2D eigenvalue weighted by atomic mass is 79.9. The monoisotopic (exact) mass is 407 g/mol. The molecule has 6 heteroatoms. The van der Waals surface area contributed by atoms with Crippen LogP contribution in [0.4, 0.5) is 0 Å². The highest BCUT2D eigenvalue weighted by Gasteiger charge is 2.17. The Hall–Kier alpha value is -2.05. The summed E-state index contributed by atoms with van der Waals surface area (Å²) in [7, 11) is 1.58. The molecule has 2 aromatic rings. The van der Waals surface area contributed by atoms with E-state index >= 15 is 0 Å². The molecule has 134 valence electrons. The molecule has 1 atom stereocenters. The van der Waals surface area contributed by atoms with Crippen LogP contribution in [0.15, 0.2) is 40.9 Å². The van der Waals surface area contributed by atoms with Crippen LogP contribution < -0.4 is 14.8 Å². The molecule has 2 aromatic carbocycles. The molecular formula is C19H22BrNO4. The van der Waals surface area contributed by atoms with Crippen molar-refractivity contribution in [3.63, 3.8) is 0 Å². The van der Waals surface area contributed by atoms with Gasteiger partial charge < -0.3 is 19.9 Å². The van der Waals surface area contributed by atoms with Gasteiger partial charge in [-0.1, -0.05) is 45.8 Å². The molecule has 0 saturated carbocycles. The standard InChI is InChI=1S/C19H22BrNO4/c1-12-4-6-14(7-5-12)11-25-18-15(10-21-13(2)19(22)23)16(20)8-9-17(18)24-3/h4-9,13,21H,10-11H2,1-3H3,(H,22,23). The Balaban J connectivity index is 2.22. The molecule has 0 aliphatic rings. The van der Waals surface area contributed by atoms with E-state index in [1.807, 2.05) is 43.3 Å². The van der Waals surface area contributed by atoms with Crippen molar-refractivity contribution in [2.24, 2.45) is 0 Å². The third-order valence-corrected chi connectivity index (χ3v) is 4.59. The van der Waals surface area contributed by atoms with Gasteiger partial charge >= 0.3 is 5.97 Å². The summed E-state index contributed by atoms with van der Waals surface area (Å²) >= 11 is 3.51. The molecule has 0 radical (unpaired) electrons. The first-order valence-electron chi connectivity index (χ1n) is 7.92. The number of rotatable bonds is 8. The third kappa shape index (κ3) is 5.21. The predicted molar refractivity (Wildman–Crippen MR) is 100 cm³/mol. The van der Waals surface area contributed by atoms with Gasteiger partial charge in [-0.05, 0) is 31.5 Å². The van der Waals surface area contributed by atoms with Crippen molar-refractivity contribution >= 4 is 21.9 Å². The Kier molecular flexibility index (Phi) is 6.84. The molecule has 25 heavy (non-hydrogen) atoms. The maximum Gasteiger partial charge on any atom is 0.320 e. The SMILES string of the molecule is COc1ccc(Br)c(CNC(C)C(=O)O)c1OCc1ccc(C)cc1. The Morgan fingerprint density at radius 1 is 1.24 bits per heavy atom. The molecule has 5 nitrogen and oxygen atoms in total. The smallest absolute Gasteiger partial charge is 0.320 e. The number of hydrogen-bond acceptors (Lipinski definition) is 4. The zero-order valence-corrected chi connectivity index (χ0v) is 16.1. The quantitative estimate of drug-likeness (QED) is 0.694. The Labute approximate surface area is 156 Å². The van der Waals surface area contributed by atoms with Gasteiger partial charge in [0.05, 0.1) is 7.11 Å². The van der Waals surface area contributed by atoms with E-state index in [2.05, 4.69) is 21.2 Å². The molecule has 0 aliphatic heterocycles. The van der Waals surface area contributed by atoms with Crippen LogP contribution in [0.2, 0.25) is 0 Å². The number of carboxylic acid groups (broad SMARTS) is 1. The number of hydrogen-bond donors (Lipinski definition) is 2. The Morgan fingerprint density at radius 3 is 2.52 bits per heavy atom. The minimum Gasteiger partial charge on any atom is -0.493 e. The van der Waals surface area contributed by atoms with Crippen LogP contribution in [0.3, 0.4) is 0 Å². The summed E-state index contributed by atoms with van der Waals surface area (Å²) in [6.07, 6.45) is 0. The maximum atomic E-state index is 11.0. The number of methoxy groups -OCH3 is 1. The topological polar surface area (TPSA) is 67.8 Å². The van der Waals surface area contributed by atoms with E-state index in [0.717, 1.165) is 15.6 Å². The van der Waals surface area contributed by atoms with Gasteiger partial charge in [0, 0.05) is 16.6 Å². The Morgan fingerprint density at radius 2 is 1.92 bits per heavy atom. The van der Waals surface area contributed by atoms with Crippen LogP contribution in [0, 0.1) is 6.92 Å². The lowest BCUT2D eigenvalue weighted by atomic mass is 10.1. The van der Waals surface area contributed by atoms with Crippen LogP contribution in [-0.2, 0) is 17.9 Å². The van der Waals surface area contributed by atoms with Crippen LogP contribution in [-0.4, -0.2) is 24.2 Å². The second-order valence-corrected chi connectivity index (χ2v) is 6.63. The highest BCUT2D eigenvalue weighted by Crippen LogP contribution is 2.36. The van der Waals surface area contributed by atoms with Crippen molar-refractivity contribution in [2.75, 3.05) is 7.11 Å². The summed E-state index contributed by atoms with van der Waals surface area (Å²) in [5, 5.41) is 12.0. The van der Waals surface area contributed by atoms with Gasteiger partial charge in [-0.25, -0.2) is 0 Å². The fourth-order valence-electron chi connectivity index (χ4n) is 2.25. The van der Waals surface area contributed by atoms with Gasteiger partial charge in [0.25, 0.3) is 0 Å². The van der Waals surface area contributed by atoms with Gasteiger partial charge in [-0.2, -0.15) is 0 Å². The lowest BCUT2D eigenvalue weighted by Crippen LogP contribution is -2.33. The molecule has 0 heterocycles. The summed E-state index contributed by atoms with van der Waals surface area (Å²) in [5.41, 5.74) is 3.06. The van der Waals surface area contributed by atoms with Crippen molar-refractivity contribution in [3.05, 3.63) is 57.6 Å². The van der Waals surface area contributed by atoms with E-state index in [1.165, 1.54) is 5.56 Å². The summed E-state index contributed by atoms with van der Waals surface area (Å²) in [5.74, 6) is 0.304. The molecule has 0 aliphatic carbocycles. The fraction of sp³-hybridized carbons (Fsp3) is 0.316. The summed E-state index contributed by atoms with van der Waals surface area (Å²) < 4.78 is 12.3. The molecular weight excluding hydrogens is 386 g/mol. The Bertz CT molecular complexity index is 731. The summed E-state index contributed by atoms with van der Waals surface area (Å²) in [6.45, 7) is 4.38. The zero-order chi connectivity index (χ0) is 18.4. The molecule has 0 aromatic heterocycles.